The van der Waals surface area contributed by atoms with Gasteiger partial charge in [-0.3, -0.25) is 4.79 Å². The van der Waals surface area contributed by atoms with Crippen LogP contribution in [0.4, 0.5) is 0 Å². The summed E-state index contributed by atoms with van der Waals surface area (Å²) < 4.78 is 5.18. The first-order valence-electron chi connectivity index (χ1n) is 4.04. The van der Waals surface area contributed by atoms with Gasteiger partial charge in [0.25, 0.3) is 0 Å². The van der Waals surface area contributed by atoms with E-state index in [0.717, 1.165) is 5.39 Å². The number of hydrogen-bond donors (Lipinski definition) is 1. The largest absolute Gasteiger partial charge is 0.481 e. The Morgan fingerprint density at radius 1 is 1.50 bits per heavy atom. The number of hydrogen-bond acceptors (Lipinski definition) is 2. The number of rotatable bonds is 2. The topological polar surface area (TPSA) is 50.4 Å². The molecule has 0 aliphatic rings. The third-order valence-electron chi connectivity index (χ3n) is 1.96. The van der Waals surface area contributed by atoms with Crippen LogP contribution in [-0.2, 0) is 11.2 Å². The zero-order valence-corrected chi connectivity index (χ0v) is 7.91. The van der Waals surface area contributed by atoms with Crippen LogP contribution in [-0.4, -0.2) is 11.1 Å². The van der Waals surface area contributed by atoms with Gasteiger partial charge >= 0.3 is 5.97 Å². The second-order valence-electron chi connectivity index (χ2n) is 2.97. The first-order chi connectivity index (χ1) is 6.66. The second kappa shape index (κ2) is 3.35. The number of halogens is 1. The summed E-state index contributed by atoms with van der Waals surface area (Å²) in [6, 6.07) is 5.14. The average Bonchev–Trinajstić information content (AvgIpc) is 2.47. The van der Waals surface area contributed by atoms with Crippen LogP contribution in [0.3, 0.4) is 0 Å². The van der Waals surface area contributed by atoms with Gasteiger partial charge in [0.15, 0.2) is 0 Å². The van der Waals surface area contributed by atoms with Gasteiger partial charge in [0.2, 0.25) is 0 Å². The summed E-state index contributed by atoms with van der Waals surface area (Å²) in [5.74, 6) is -0.882. The van der Waals surface area contributed by atoms with Gasteiger partial charge in [0.05, 0.1) is 12.7 Å². The van der Waals surface area contributed by atoms with E-state index in [0.29, 0.717) is 16.2 Å². The predicted molar refractivity (Wildman–Crippen MR) is 52.6 cm³/mol. The molecule has 4 heteroatoms. The van der Waals surface area contributed by atoms with E-state index >= 15 is 0 Å². The zero-order chi connectivity index (χ0) is 10.1. The van der Waals surface area contributed by atoms with Gasteiger partial charge in [-0.15, -0.1) is 0 Å². The Kier molecular flexibility index (Phi) is 2.17. The smallest absolute Gasteiger partial charge is 0.307 e. The maximum atomic E-state index is 10.5. The van der Waals surface area contributed by atoms with Gasteiger partial charge in [-0.2, -0.15) is 0 Å². The standard InChI is InChI=1S/C10H7ClO3/c11-7-1-2-9-8(4-7)6(5-14-9)3-10(12)13/h1-2,4-5H,3H2,(H,12,13). The van der Waals surface area contributed by atoms with Crippen LogP contribution in [0.25, 0.3) is 11.0 Å². The maximum absolute atomic E-state index is 10.5. The van der Waals surface area contributed by atoms with E-state index in [9.17, 15) is 4.79 Å². The highest BCUT2D eigenvalue weighted by Crippen LogP contribution is 2.24. The lowest BCUT2D eigenvalue weighted by atomic mass is 10.1. The van der Waals surface area contributed by atoms with Gasteiger partial charge in [0, 0.05) is 16.0 Å². The zero-order valence-electron chi connectivity index (χ0n) is 7.16. The van der Waals surface area contributed by atoms with Crippen molar-refractivity contribution in [1.82, 2.24) is 0 Å². The molecule has 0 atom stereocenters. The third kappa shape index (κ3) is 1.59. The van der Waals surface area contributed by atoms with Crippen LogP contribution in [0, 0.1) is 0 Å². The van der Waals surface area contributed by atoms with Crippen molar-refractivity contribution in [2.45, 2.75) is 6.42 Å². The fourth-order valence-corrected chi connectivity index (χ4v) is 1.53. The minimum atomic E-state index is -0.882. The summed E-state index contributed by atoms with van der Waals surface area (Å²) in [4.78, 5) is 10.5. The fourth-order valence-electron chi connectivity index (χ4n) is 1.35. The van der Waals surface area contributed by atoms with Gasteiger partial charge in [-0.25, -0.2) is 0 Å². The molecule has 3 nitrogen and oxygen atoms in total. The molecule has 1 heterocycles. The molecular formula is C10H7ClO3. The second-order valence-corrected chi connectivity index (χ2v) is 3.41. The molecule has 2 aromatic rings. The summed E-state index contributed by atoms with van der Waals surface area (Å²) >= 11 is 5.80. The molecule has 0 radical (unpaired) electrons. The summed E-state index contributed by atoms with van der Waals surface area (Å²) in [5.41, 5.74) is 1.31. The molecule has 72 valence electrons. The van der Waals surface area contributed by atoms with Crippen LogP contribution >= 0.6 is 11.6 Å². The number of carboxylic acid groups (broad SMARTS) is 1. The van der Waals surface area contributed by atoms with Crippen molar-refractivity contribution < 1.29 is 14.3 Å². The summed E-state index contributed by atoms with van der Waals surface area (Å²) in [6.07, 6.45) is 1.41. The molecular weight excluding hydrogens is 204 g/mol. The van der Waals surface area contributed by atoms with Gasteiger partial charge in [-0.05, 0) is 18.2 Å². The minimum Gasteiger partial charge on any atom is -0.481 e. The fraction of sp³-hybridized carbons (Fsp3) is 0.100. The van der Waals surface area contributed by atoms with E-state index in [4.69, 9.17) is 21.1 Å². The van der Waals surface area contributed by atoms with E-state index in [2.05, 4.69) is 0 Å². The number of fused-ring (bicyclic) bond motifs is 1. The van der Waals surface area contributed by atoms with Crippen LogP contribution in [0.5, 0.6) is 0 Å². The minimum absolute atomic E-state index is 0.0483. The van der Waals surface area contributed by atoms with Gasteiger partial charge < -0.3 is 9.52 Å². The van der Waals surface area contributed by atoms with Crippen molar-refractivity contribution in [3.63, 3.8) is 0 Å². The number of furan rings is 1. The normalized spacial score (nSPS) is 10.6. The molecule has 2 rings (SSSR count). The van der Waals surface area contributed by atoms with Crippen molar-refractivity contribution in [2.75, 3.05) is 0 Å². The first-order valence-corrected chi connectivity index (χ1v) is 4.42. The van der Waals surface area contributed by atoms with E-state index in [1.807, 2.05) is 0 Å². The van der Waals surface area contributed by atoms with Crippen molar-refractivity contribution in [1.29, 1.82) is 0 Å². The van der Waals surface area contributed by atoms with Crippen LogP contribution in [0.15, 0.2) is 28.9 Å². The van der Waals surface area contributed by atoms with Crippen LogP contribution in [0.2, 0.25) is 5.02 Å². The molecule has 0 saturated heterocycles. The summed E-state index contributed by atoms with van der Waals surface area (Å²) in [5, 5.41) is 9.98. The molecule has 0 bridgehead atoms. The van der Waals surface area contributed by atoms with Crippen molar-refractivity contribution in [2.24, 2.45) is 0 Å². The molecule has 0 spiro atoms. The van der Waals surface area contributed by atoms with Crippen molar-refractivity contribution >= 4 is 28.5 Å². The van der Waals surface area contributed by atoms with Crippen molar-refractivity contribution in [3.05, 3.63) is 35.0 Å². The lowest BCUT2D eigenvalue weighted by Gasteiger charge is -1.93. The maximum Gasteiger partial charge on any atom is 0.307 e. The van der Waals surface area contributed by atoms with Crippen LogP contribution < -0.4 is 0 Å². The van der Waals surface area contributed by atoms with E-state index in [1.165, 1.54) is 6.26 Å². The quantitative estimate of drug-likeness (QED) is 0.829. The highest BCUT2D eigenvalue weighted by atomic mass is 35.5. The molecule has 0 saturated carbocycles. The molecule has 0 aliphatic carbocycles. The van der Waals surface area contributed by atoms with E-state index in [1.54, 1.807) is 18.2 Å². The summed E-state index contributed by atoms with van der Waals surface area (Å²) in [7, 11) is 0. The molecule has 0 aliphatic heterocycles. The molecule has 0 fully saturated rings. The molecule has 14 heavy (non-hydrogen) atoms. The Morgan fingerprint density at radius 2 is 2.29 bits per heavy atom. The number of carbonyl (C=O) groups is 1. The third-order valence-corrected chi connectivity index (χ3v) is 2.19. The lowest BCUT2D eigenvalue weighted by Crippen LogP contribution is -1.98. The Balaban J connectivity index is 2.55. The molecule has 0 unspecified atom stereocenters. The van der Waals surface area contributed by atoms with Gasteiger partial charge in [0.1, 0.15) is 5.58 Å². The monoisotopic (exact) mass is 210 g/mol. The van der Waals surface area contributed by atoms with Crippen LogP contribution in [0.1, 0.15) is 5.56 Å². The molecule has 0 amide bonds. The first kappa shape index (κ1) is 9.09. The Bertz CT molecular complexity index is 487. The van der Waals surface area contributed by atoms with E-state index < -0.39 is 5.97 Å². The number of aliphatic carboxylic acids is 1. The van der Waals surface area contributed by atoms with Crippen molar-refractivity contribution in [3.8, 4) is 0 Å². The highest BCUT2D eigenvalue weighted by Gasteiger charge is 2.09. The van der Waals surface area contributed by atoms with Gasteiger partial charge in [-0.1, -0.05) is 11.6 Å². The molecule has 1 aromatic heterocycles. The SMILES string of the molecule is O=C(O)Cc1coc2ccc(Cl)cc12. The summed E-state index contributed by atoms with van der Waals surface area (Å²) in [6.45, 7) is 0. The lowest BCUT2D eigenvalue weighted by molar-refractivity contribution is -0.136. The van der Waals surface area contributed by atoms with E-state index in [-0.39, 0.29) is 6.42 Å². The Hall–Kier alpha value is -1.48. The molecule has 1 N–H and O–H groups in total. The average molecular weight is 211 g/mol. The Labute approximate surface area is 84.9 Å². The highest BCUT2D eigenvalue weighted by molar-refractivity contribution is 6.31. The molecule has 1 aromatic carbocycles. The number of benzene rings is 1. The number of carboxylic acids is 1. The predicted octanol–water partition coefficient (Wildman–Crippen LogP) is 2.71. The Morgan fingerprint density at radius 3 is 3.00 bits per heavy atom.